The van der Waals surface area contributed by atoms with E-state index in [2.05, 4.69) is 5.32 Å². The van der Waals surface area contributed by atoms with Crippen LogP contribution in [-0.2, 0) is 32.6 Å². The van der Waals surface area contributed by atoms with Gasteiger partial charge >= 0.3 is 0 Å². The first-order valence-electron chi connectivity index (χ1n) is 15.2. The van der Waals surface area contributed by atoms with Crippen LogP contribution in [0, 0.1) is 5.82 Å². The number of nitrogens with one attached hydrogen (secondary N) is 1. The molecule has 1 N–H and O–H groups in total. The second kappa shape index (κ2) is 12.8. The maximum Gasteiger partial charge on any atom is 0.265 e. The molecule has 44 heavy (non-hydrogen) atoms. The highest BCUT2D eigenvalue weighted by Gasteiger charge is 2.36. The number of hydrogen-bond acceptors (Lipinski definition) is 4. The Morgan fingerprint density at radius 2 is 1.59 bits per heavy atom. The largest absolute Gasteiger partial charge is 0.352 e. The Labute approximate surface area is 257 Å². The number of carbonyl (C=O) groups is 2. The summed E-state index contributed by atoms with van der Waals surface area (Å²) in [5.41, 5.74) is 2.24. The van der Waals surface area contributed by atoms with Gasteiger partial charge in [-0.05, 0) is 60.0 Å². The van der Waals surface area contributed by atoms with E-state index in [1.807, 2.05) is 48.5 Å². The zero-order valence-corrected chi connectivity index (χ0v) is 25.3. The summed E-state index contributed by atoms with van der Waals surface area (Å²) in [5.74, 6) is -0.848. The summed E-state index contributed by atoms with van der Waals surface area (Å²) < 4.78 is 42.0. The predicted molar refractivity (Wildman–Crippen MR) is 169 cm³/mol. The van der Waals surface area contributed by atoms with Crippen molar-refractivity contribution in [2.24, 2.45) is 0 Å². The van der Waals surface area contributed by atoms with Gasteiger partial charge in [-0.25, -0.2) is 12.8 Å². The van der Waals surface area contributed by atoms with E-state index >= 15 is 0 Å². The zero-order chi connectivity index (χ0) is 30.7. The zero-order valence-electron chi connectivity index (χ0n) is 24.5. The van der Waals surface area contributed by atoms with Crippen molar-refractivity contribution >= 4 is 38.3 Å². The average molecular weight is 614 g/mol. The van der Waals surface area contributed by atoms with Crippen molar-refractivity contribution < 1.29 is 22.4 Å². The van der Waals surface area contributed by atoms with Gasteiger partial charge in [0, 0.05) is 37.4 Å². The molecule has 0 bridgehead atoms. The highest BCUT2D eigenvalue weighted by molar-refractivity contribution is 7.93. The Kier molecular flexibility index (Phi) is 8.66. The van der Waals surface area contributed by atoms with Crippen LogP contribution in [0.3, 0.4) is 0 Å². The van der Waals surface area contributed by atoms with Crippen LogP contribution in [0.4, 0.5) is 10.1 Å². The lowest BCUT2D eigenvalue weighted by atomic mass is 10.0. The molecule has 1 aliphatic carbocycles. The molecule has 228 valence electrons. The lowest BCUT2D eigenvalue weighted by Gasteiger charge is -2.32. The van der Waals surface area contributed by atoms with Crippen LogP contribution in [0.15, 0.2) is 95.9 Å². The van der Waals surface area contributed by atoms with Gasteiger partial charge in [0.05, 0.1) is 10.6 Å². The monoisotopic (exact) mass is 613 g/mol. The fourth-order valence-electron chi connectivity index (χ4n) is 6.42. The van der Waals surface area contributed by atoms with Crippen molar-refractivity contribution in [3.8, 4) is 0 Å². The minimum atomic E-state index is -3.74. The standard InChI is InChI=1S/C35H36FN3O4S/c36-28-20-18-26(19-21-28)24-38(31(23-25-9-2-1-3-10-25)35(41)37-29-13-4-5-14-29)33(40)17-8-22-39-30-15-6-11-27-12-7-16-32(34(27)30)44(39,42)43/h1-3,6-7,9-12,15-16,18-21,29,31H,4-5,8,13-14,17,22-24H2,(H,37,41)/t31-/m0/s1. The first kappa shape index (κ1) is 29.8. The van der Waals surface area contributed by atoms with Crippen molar-refractivity contribution in [2.45, 2.75) is 68.5 Å². The van der Waals surface area contributed by atoms with Crippen LogP contribution in [-0.4, -0.2) is 43.8 Å². The Bertz CT molecular complexity index is 1750. The second-order valence-corrected chi connectivity index (χ2v) is 13.5. The van der Waals surface area contributed by atoms with Crippen molar-refractivity contribution in [1.82, 2.24) is 10.2 Å². The lowest BCUT2D eigenvalue weighted by Crippen LogP contribution is -2.52. The number of halogens is 1. The average Bonchev–Trinajstić information content (AvgIpc) is 3.61. The molecule has 1 fully saturated rings. The fraction of sp³-hybridized carbons (Fsp3) is 0.314. The Morgan fingerprint density at radius 1 is 0.886 bits per heavy atom. The van der Waals surface area contributed by atoms with Gasteiger partial charge in [0.2, 0.25) is 11.8 Å². The van der Waals surface area contributed by atoms with Gasteiger partial charge in [0.25, 0.3) is 10.0 Å². The molecule has 1 heterocycles. The quantitative estimate of drug-likeness (QED) is 0.226. The summed E-state index contributed by atoms with van der Waals surface area (Å²) in [5, 5.41) is 4.73. The van der Waals surface area contributed by atoms with Crippen molar-refractivity contribution in [1.29, 1.82) is 0 Å². The van der Waals surface area contributed by atoms with Crippen LogP contribution in [0.25, 0.3) is 10.8 Å². The first-order valence-corrected chi connectivity index (χ1v) is 16.7. The summed E-state index contributed by atoms with van der Waals surface area (Å²) >= 11 is 0. The molecule has 0 unspecified atom stereocenters. The van der Waals surface area contributed by atoms with Crippen LogP contribution < -0.4 is 9.62 Å². The van der Waals surface area contributed by atoms with E-state index in [9.17, 15) is 22.4 Å². The molecule has 1 aliphatic heterocycles. The van der Waals surface area contributed by atoms with Crippen LogP contribution in [0.2, 0.25) is 0 Å². The molecule has 1 saturated carbocycles. The fourth-order valence-corrected chi connectivity index (χ4v) is 8.17. The van der Waals surface area contributed by atoms with Gasteiger partial charge in [0.1, 0.15) is 11.9 Å². The van der Waals surface area contributed by atoms with E-state index in [0.29, 0.717) is 23.1 Å². The van der Waals surface area contributed by atoms with Gasteiger partial charge in [-0.1, -0.05) is 79.6 Å². The number of carbonyl (C=O) groups excluding carboxylic acids is 2. The molecule has 0 aromatic heterocycles. The minimum absolute atomic E-state index is 0.0432. The summed E-state index contributed by atoms with van der Waals surface area (Å²) in [4.78, 5) is 29.7. The van der Waals surface area contributed by atoms with E-state index in [4.69, 9.17) is 0 Å². The van der Waals surface area contributed by atoms with Crippen LogP contribution >= 0.6 is 0 Å². The summed E-state index contributed by atoms with van der Waals surface area (Å²) in [6.07, 6.45) is 4.58. The molecule has 0 radical (unpaired) electrons. The van der Waals surface area contributed by atoms with E-state index < -0.39 is 16.1 Å². The molecular weight excluding hydrogens is 577 g/mol. The molecule has 6 rings (SSSR count). The topological polar surface area (TPSA) is 86.8 Å². The number of amides is 2. The lowest BCUT2D eigenvalue weighted by molar-refractivity contribution is -0.141. The number of rotatable bonds is 11. The first-order chi connectivity index (χ1) is 21.3. The van der Waals surface area contributed by atoms with E-state index in [1.165, 1.54) is 16.4 Å². The van der Waals surface area contributed by atoms with Gasteiger partial charge in [0.15, 0.2) is 0 Å². The Balaban J connectivity index is 1.25. The number of hydrogen-bond donors (Lipinski definition) is 1. The smallest absolute Gasteiger partial charge is 0.265 e. The molecule has 4 aromatic carbocycles. The number of anilines is 1. The molecule has 2 amide bonds. The molecule has 9 heteroatoms. The maximum atomic E-state index is 14.0. The third-order valence-corrected chi connectivity index (χ3v) is 10.5. The predicted octanol–water partition coefficient (Wildman–Crippen LogP) is 5.97. The normalized spacial score (nSPS) is 16.2. The summed E-state index contributed by atoms with van der Waals surface area (Å²) in [6.45, 7) is 0.255. The third kappa shape index (κ3) is 6.19. The molecule has 2 aliphatic rings. The van der Waals surface area contributed by atoms with Crippen LogP contribution in [0.1, 0.15) is 49.7 Å². The number of nitrogens with zero attached hydrogens (tertiary/aromatic N) is 2. The summed E-state index contributed by atoms with van der Waals surface area (Å²) in [7, 11) is -3.74. The molecule has 1 atom stereocenters. The molecule has 0 spiro atoms. The van der Waals surface area contributed by atoms with Crippen molar-refractivity contribution in [2.75, 3.05) is 10.8 Å². The van der Waals surface area contributed by atoms with Crippen molar-refractivity contribution in [3.63, 3.8) is 0 Å². The minimum Gasteiger partial charge on any atom is -0.352 e. The number of sulfonamides is 1. The van der Waals surface area contributed by atoms with E-state index in [0.717, 1.165) is 36.6 Å². The molecule has 0 saturated heterocycles. The number of benzene rings is 4. The van der Waals surface area contributed by atoms with Crippen molar-refractivity contribution in [3.05, 3.63) is 108 Å². The molecule has 4 aromatic rings. The van der Waals surface area contributed by atoms with Gasteiger partial charge < -0.3 is 10.2 Å². The third-order valence-electron chi connectivity index (χ3n) is 8.67. The SMILES string of the molecule is O=C(NC1CCCC1)[C@H](Cc1ccccc1)N(Cc1ccc(F)cc1)C(=O)CCCN1c2cccc3cccc(c23)S1(=O)=O. The van der Waals surface area contributed by atoms with Gasteiger partial charge in [-0.3, -0.25) is 13.9 Å². The van der Waals surface area contributed by atoms with E-state index in [1.54, 1.807) is 35.2 Å². The Morgan fingerprint density at radius 3 is 2.32 bits per heavy atom. The summed E-state index contributed by atoms with van der Waals surface area (Å²) in [6, 6.07) is 25.6. The highest BCUT2D eigenvalue weighted by atomic mass is 32.2. The molecule has 7 nitrogen and oxygen atoms in total. The Hall–Kier alpha value is -4.24. The van der Waals surface area contributed by atoms with Crippen LogP contribution in [0.5, 0.6) is 0 Å². The van der Waals surface area contributed by atoms with Gasteiger partial charge in [-0.15, -0.1) is 0 Å². The molecular formula is C35H36FN3O4S. The maximum absolute atomic E-state index is 14.0. The highest BCUT2D eigenvalue weighted by Crippen LogP contribution is 2.42. The van der Waals surface area contributed by atoms with Gasteiger partial charge in [-0.2, -0.15) is 0 Å². The second-order valence-electron chi connectivity index (χ2n) is 11.7. The van der Waals surface area contributed by atoms with E-state index in [-0.39, 0.29) is 54.5 Å².